The molecule has 0 atom stereocenters. The van der Waals surface area contributed by atoms with Gasteiger partial charge in [-0.1, -0.05) is 0 Å². The van der Waals surface area contributed by atoms with Crippen LogP contribution in [0.15, 0.2) is 41.5 Å². The largest absolute Gasteiger partial charge is 0.497 e. The molecule has 2 rings (SSSR count). The van der Waals surface area contributed by atoms with Crippen molar-refractivity contribution in [3.8, 4) is 11.4 Å². The van der Waals surface area contributed by atoms with E-state index in [4.69, 9.17) is 15.2 Å². The molecule has 0 aliphatic rings. The number of aliphatic imine (C=N–C) groups is 1. The summed E-state index contributed by atoms with van der Waals surface area (Å²) in [4.78, 5) is 4.23. The van der Waals surface area contributed by atoms with E-state index in [0.29, 0.717) is 25.7 Å². The molecule has 8 heteroatoms. The van der Waals surface area contributed by atoms with Crippen LogP contribution in [-0.4, -0.2) is 43.1 Å². The number of hydrogen-bond donors (Lipinski definition) is 2. The average molecular weight is 431 g/mol. The molecule has 0 aliphatic heterocycles. The number of methoxy groups -OCH3 is 2. The Labute approximate surface area is 152 Å². The Hall–Kier alpha value is -1.81. The highest BCUT2D eigenvalue weighted by molar-refractivity contribution is 14.0. The number of benzene rings is 1. The maximum Gasteiger partial charge on any atom is 0.189 e. The number of guanidine groups is 1. The topological polar surface area (TPSA) is 86.7 Å². The van der Waals surface area contributed by atoms with Crippen molar-refractivity contribution in [1.29, 1.82) is 0 Å². The van der Waals surface area contributed by atoms with E-state index in [-0.39, 0.29) is 24.0 Å². The van der Waals surface area contributed by atoms with E-state index in [1.54, 1.807) is 18.9 Å². The predicted octanol–water partition coefficient (Wildman–Crippen LogP) is 1.55. The zero-order valence-corrected chi connectivity index (χ0v) is 15.6. The first-order valence-corrected chi connectivity index (χ1v) is 6.94. The molecule has 0 aliphatic carbocycles. The molecule has 0 bridgehead atoms. The lowest BCUT2D eigenvalue weighted by Gasteiger charge is -2.04. The summed E-state index contributed by atoms with van der Waals surface area (Å²) in [6, 6.07) is 9.59. The minimum absolute atomic E-state index is 0. The lowest BCUT2D eigenvalue weighted by molar-refractivity contribution is 0.204. The minimum atomic E-state index is 0. The molecule has 0 amide bonds. The molecule has 0 spiro atoms. The van der Waals surface area contributed by atoms with Crippen LogP contribution in [0.5, 0.6) is 5.75 Å². The molecular formula is C15H22IN5O2. The molecular weight excluding hydrogens is 409 g/mol. The van der Waals surface area contributed by atoms with Crippen LogP contribution in [0.2, 0.25) is 0 Å². The first-order chi connectivity index (χ1) is 10.7. The van der Waals surface area contributed by atoms with Gasteiger partial charge in [-0.2, -0.15) is 5.10 Å². The third kappa shape index (κ3) is 6.06. The van der Waals surface area contributed by atoms with Crippen molar-refractivity contribution in [2.75, 3.05) is 27.4 Å². The van der Waals surface area contributed by atoms with Gasteiger partial charge in [-0.3, -0.25) is 0 Å². The summed E-state index contributed by atoms with van der Waals surface area (Å²) in [7, 11) is 3.28. The number of aromatic nitrogens is 2. The second-order valence-electron chi connectivity index (χ2n) is 4.57. The summed E-state index contributed by atoms with van der Waals surface area (Å²) < 4.78 is 11.9. The first-order valence-electron chi connectivity index (χ1n) is 6.94. The molecule has 0 radical (unpaired) electrons. The fourth-order valence-corrected chi connectivity index (χ4v) is 1.83. The van der Waals surface area contributed by atoms with Crippen molar-refractivity contribution in [3.63, 3.8) is 0 Å². The molecule has 1 aromatic carbocycles. The minimum Gasteiger partial charge on any atom is -0.497 e. The van der Waals surface area contributed by atoms with Gasteiger partial charge in [0.05, 0.1) is 31.6 Å². The molecule has 1 heterocycles. The van der Waals surface area contributed by atoms with Crippen molar-refractivity contribution in [3.05, 3.63) is 42.2 Å². The molecule has 126 valence electrons. The van der Waals surface area contributed by atoms with Crippen LogP contribution in [0.1, 0.15) is 5.69 Å². The Kier molecular flexibility index (Phi) is 8.41. The number of ether oxygens (including phenoxy) is 2. The van der Waals surface area contributed by atoms with Crippen LogP contribution in [0.4, 0.5) is 0 Å². The molecule has 0 unspecified atom stereocenters. The third-order valence-corrected chi connectivity index (χ3v) is 3.00. The Morgan fingerprint density at radius 3 is 2.65 bits per heavy atom. The van der Waals surface area contributed by atoms with E-state index in [2.05, 4.69) is 15.4 Å². The van der Waals surface area contributed by atoms with Gasteiger partial charge in [-0.25, -0.2) is 9.67 Å². The smallest absolute Gasteiger partial charge is 0.189 e. The summed E-state index contributed by atoms with van der Waals surface area (Å²) in [6.45, 7) is 1.64. The van der Waals surface area contributed by atoms with Gasteiger partial charge in [-0.15, -0.1) is 24.0 Å². The lowest BCUT2D eigenvalue weighted by Crippen LogP contribution is -2.34. The van der Waals surface area contributed by atoms with E-state index in [1.807, 2.05) is 36.5 Å². The molecule has 2 aromatic rings. The highest BCUT2D eigenvalue weighted by Gasteiger charge is 2.01. The Bertz CT molecular complexity index is 613. The number of nitrogens with two attached hydrogens (primary N) is 1. The summed E-state index contributed by atoms with van der Waals surface area (Å²) in [5.74, 6) is 1.20. The van der Waals surface area contributed by atoms with E-state index in [9.17, 15) is 0 Å². The summed E-state index contributed by atoms with van der Waals surface area (Å²) in [6.07, 6.45) is 1.89. The van der Waals surface area contributed by atoms with E-state index in [0.717, 1.165) is 17.1 Å². The van der Waals surface area contributed by atoms with Gasteiger partial charge in [0.1, 0.15) is 5.75 Å². The molecule has 23 heavy (non-hydrogen) atoms. The average Bonchev–Trinajstić information content (AvgIpc) is 3.02. The molecule has 7 nitrogen and oxygen atoms in total. The van der Waals surface area contributed by atoms with Crippen LogP contribution in [0.25, 0.3) is 5.69 Å². The lowest BCUT2D eigenvalue weighted by atomic mass is 10.3. The van der Waals surface area contributed by atoms with Crippen molar-refractivity contribution >= 4 is 29.9 Å². The Balaban J connectivity index is 0.00000264. The summed E-state index contributed by atoms with van der Waals surface area (Å²) in [5.41, 5.74) is 7.55. The fourth-order valence-electron chi connectivity index (χ4n) is 1.83. The van der Waals surface area contributed by atoms with Gasteiger partial charge in [0.25, 0.3) is 0 Å². The van der Waals surface area contributed by atoms with Gasteiger partial charge in [0, 0.05) is 19.9 Å². The van der Waals surface area contributed by atoms with Crippen molar-refractivity contribution in [2.24, 2.45) is 10.7 Å². The van der Waals surface area contributed by atoms with Crippen LogP contribution in [0.3, 0.4) is 0 Å². The maximum atomic E-state index is 5.75. The number of halogens is 1. The van der Waals surface area contributed by atoms with Gasteiger partial charge in [0.15, 0.2) is 5.96 Å². The fraction of sp³-hybridized carbons (Fsp3) is 0.333. The summed E-state index contributed by atoms with van der Waals surface area (Å²) in [5, 5.41) is 7.42. The number of nitrogens with zero attached hydrogens (tertiary/aromatic N) is 3. The van der Waals surface area contributed by atoms with Crippen LogP contribution < -0.4 is 15.8 Å². The second-order valence-corrected chi connectivity index (χ2v) is 4.57. The highest BCUT2D eigenvalue weighted by Crippen LogP contribution is 2.14. The monoisotopic (exact) mass is 431 g/mol. The third-order valence-electron chi connectivity index (χ3n) is 3.00. The zero-order valence-electron chi connectivity index (χ0n) is 13.2. The van der Waals surface area contributed by atoms with Gasteiger partial charge in [-0.05, 0) is 30.3 Å². The standard InChI is InChI=1S/C15H21N5O2.HI/c1-21-10-8-17-15(16)18-11-12-7-9-20(19-12)13-3-5-14(22-2)6-4-13;/h3-7,9H,8,10-11H2,1-2H3,(H3,16,17,18);1H. The van der Waals surface area contributed by atoms with Gasteiger partial charge < -0.3 is 20.5 Å². The molecule has 0 fully saturated rings. The zero-order chi connectivity index (χ0) is 15.8. The number of rotatable bonds is 7. The van der Waals surface area contributed by atoms with E-state index in [1.165, 1.54) is 0 Å². The molecule has 3 N–H and O–H groups in total. The SMILES string of the molecule is COCCNC(N)=NCc1ccn(-c2ccc(OC)cc2)n1.I. The second kappa shape index (κ2) is 10.1. The first kappa shape index (κ1) is 19.2. The predicted molar refractivity (Wildman–Crippen MR) is 101 cm³/mol. The summed E-state index contributed by atoms with van der Waals surface area (Å²) >= 11 is 0. The van der Waals surface area contributed by atoms with Crippen molar-refractivity contribution < 1.29 is 9.47 Å². The van der Waals surface area contributed by atoms with Crippen molar-refractivity contribution in [1.82, 2.24) is 15.1 Å². The van der Waals surface area contributed by atoms with Crippen LogP contribution >= 0.6 is 24.0 Å². The number of hydrogen-bond acceptors (Lipinski definition) is 4. The van der Waals surface area contributed by atoms with Gasteiger partial charge >= 0.3 is 0 Å². The van der Waals surface area contributed by atoms with Crippen LogP contribution in [-0.2, 0) is 11.3 Å². The Morgan fingerprint density at radius 2 is 2.00 bits per heavy atom. The van der Waals surface area contributed by atoms with Crippen LogP contribution in [0, 0.1) is 0 Å². The molecule has 1 aromatic heterocycles. The molecule has 0 saturated heterocycles. The van der Waals surface area contributed by atoms with E-state index >= 15 is 0 Å². The Morgan fingerprint density at radius 1 is 1.26 bits per heavy atom. The quantitative estimate of drug-likeness (QED) is 0.301. The normalized spacial score (nSPS) is 11.0. The number of nitrogens with one attached hydrogen (secondary N) is 1. The highest BCUT2D eigenvalue weighted by atomic mass is 127. The van der Waals surface area contributed by atoms with E-state index < -0.39 is 0 Å². The van der Waals surface area contributed by atoms with Crippen molar-refractivity contribution in [2.45, 2.75) is 6.54 Å². The molecule has 0 saturated carbocycles. The van der Waals surface area contributed by atoms with Gasteiger partial charge in [0.2, 0.25) is 0 Å². The maximum absolute atomic E-state index is 5.75.